The van der Waals surface area contributed by atoms with Gasteiger partial charge in [-0.15, -0.1) is 0 Å². The second kappa shape index (κ2) is 8.51. The predicted molar refractivity (Wildman–Crippen MR) is 105 cm³/mol. The number of aromatic amines is 1. The highest BCUT2D eigenvalue weighted by atomic mass is 16.5. The summed E-state index contributed by atoms with van der Waals surface area (Å²) < 4.78 is 27.1. The van der Waals surface area contributed by atoms with Crippen LogP contribution in [0.3, 0.4) is 0 Å². The van der Waals surface area contributed by atoms with Gasteiger partial charge >= 0.3 is 0 Å². The Balaban J connectivity index is 1.99. The Morgan fingerprint density at radius 3 is 2.00 bits per heavy atom. The third-order valence-corrected chi connectivity index (χ3v) is 4.15. The van der Waals surface area contributed by atoms with Crippen LogP contribution in [0, 0.1) is 0 Å². The van der Waals surface area contributed by atoms with Crippen molar-refractivity contribution in [2.75, 3.05) is 35.0 Å². The van der Waals surface area contributed by atoms with Gasteiger partial charge in [0.2, 0.25) is 5.75 Å². The first-order valence-electron chi connectivity index (χ1n) is 8.69. The molecular formula is C20H23N3O5. The molecule has 0 saturated heterocycles. The molecule has 0 unspecified atom stereocenters. The summed E-state index contributed by atoms with van der Waals surface area (Å²) in [5.41, 5.74) is 1.56. The lowest BCUT2D eigenvalue weighted by molar-refractivity contribution is 0.311. The van der Waals surface area contributed by atoms with Gasteiger partial charge in [0, 0.05) is 11.1 Å². The van der Waals surface area contributed by atoms with E-state index in [1.54, 1.807) is 40.6 Å². The Labute approximate surface area is 163 Å². The minimum atomic E-state index is 0.502. The molecule has 0 atom stereocenters. The smallest absolute Gasteiger partial charge is 0.203 e. The minimum absolute atomic E-state index is 0.502. The first-order chi connectivity index (χ1) is 13.6. The molecule has 0 spiro atoms. The van der Waals surface area contributed by atoms with Gasteiger partial charge in [-0.2, -0.15) is 5.10 Å². The van der Waals surface area contributed by atoms with E-state index in [-0.39, 0.29) is 0 Å². The number of benzene rings is 2. The van der Waals surface area contributed by atoms with E-state index in [0.29, 0.717) is 47.0 Å². The molecule has 0 amide bonds. The van der Waals surface area contributed by atoms with E-state index in [9.17, 15) is 0 Å². The molecule has 8 heteroatoms. The molecule has 0 aliphatic carbocycles. The highest BCUT2D eigenvalue weighted by Crippen LogP contribution is 2.40. The Morgan fingerprint density at radius 1 is 0.786 bits per heavy atom. The van der Waals surface area contributed by atoms with Gasteiger partial charge in [-0.25, -0.2) is 4.98 Å². The van der Waals surface area contributed by atoms with Gasteiger partial charge in [0.05, 0.1) is 35.0 Å². The maximum atomic E-state index is 5.56. The fourth-order valence-corrected chi connectivity index (χ4v) is 2.82. The molecule has 1 heterocycles. The van der Waals surface area contributed by atoms with Crippen LogP contribution >= 0.6 is 0 Å². The molecule has 1 aromatic heterocycles. The van der Waals surface area contributed by atoms with Gasteiger partial charge in [0.1, 0.15) is 0 Å². The fraction of sp³-hybridized carbons (Fsp3) is 0.300. The first kappa shape index (κ1) is 19.3. The van der Waals surface area contributed by atoms with Gasteiger partial charge in [0.15, 0.2) is 34.6 Å². The molecule has 1 N–H and O–H groups in total. The van der Waals surface area contributed by atoms with Crippen molar-refractivity contribution in [2.45, 2.75) is 6.92 Å². The number of rotatable bonds is 8. The van der Waals surface area contributed by atoms with Gasteiger partial charge < -0.3 is 23.7 Å². The summed E-state index contributed by atoms with van der Waals surface area (Å²) in [7, 11) is 6.29. The number of hydrogen-bond acceptors (Lipinski definition) is 7. The maximum absolute atomic E-state index is 5.56. The van der Waals surface area contributed by atoms with Gasteiger partial charge in [-0.3, -0.25) is 5.10 Å². The van der Waals surface area contributed by atoms with Crippen LogP contribution in [-0.2, 0) is 0 Å². The van der Waals surface area contributed by atoms with Crippen molar-refractivity contribution in [1.82, 2.24) is 15.2 Å². The molecule has 0 fully saturated rings. The zero-order valence-electron chi connectivity index (χ0n) is 16.5. The third kappa shape index (κ3) is 3.66. The van der Waals surface area contributed by atoms with Crippen molar-refractivity contribution < 1.29 is 23.7 Å². The summed E-state index contributed by atoms with van der Waals surface area (Å²) in [6.45, 7) is 2.48. The van der Waals surface area contributed by atoms with Crippen molar-refractivity contribution in [3.8, 4) is 51.5 Å². The molecule has 148 valence electrons. The maximum Gasteiger partial charge on any atom is 0.203 e. The highest BCUT2D eigenvalue weighted by Gasteiger charge is 2.17. The van der Waals surface area contributed by atoms with E-state index in [4.69, 9.17) is 23.7 Å². The van der Waals surface area contributed by atoms with E-state index in [1.165, 1.54) is 0 Å². The molecule has 0 saturated carbocycles. The van der Waals surface area contributed by atoms with Gasteiger partial charge in [-0.1, -0.05) is 0 Å². The van der Waals surface area contributed by atoms with Crippen molar-refractivity contribution in [2.24, 2.45) is 0 Å². The van der Waals surface area contributed by atoms with Crippen LogP contribution in [0.25, 0.3) is 22.8 Å². The molecule has 0 bridgehead atoms. The summed E-state index contributed by atoms with van der Waals surface area (Å²) in [6.07, 6.45) is 0. The monoisotopic (exact) mass is 385 g/mol. The Hall–Kier alpha value is -3.42. The normalized spacial score (nSPS) is 10.5. The molecule has 8 nitrogen and oxygen atoms in total. The molecule has 2 aromatic carbocycles. The largest absolute Gasteiger partial charge is 0.493 e. The second-order valence-corrected chi connectivity index (χ2v) is 5.72. The lowest BCUT2D eigenvalue weighted by atomic mass is 10.1. The second-order valence-electron chi connectivity index (χ2n) is 5.72. The Morgan fingerprint density at radius 2 is 1.43 bits per heavy atom. The topological polar surface area (TPSA) is 87.7 Å². The number of H-pyrrole nitrogens is 1. The van der Waals surface area contributed by atoms with Crippen LogP contribution in [0.15, 0.2) is 30.3 Å². The van der Waals surface area contributed by atoms with Crippen molar-refractivity contribution in [3.05, 3.63) is 30.3 Å². The summed E-state index contributed by atoms with van der Waals surface area (Å²) >= 11 is 0. The number of nitrogens with one attached hydrogen (secondary N) is 1. The Bertz CT molecular complexity index is 930. The van der Waals surface area contributed by atoms with Crippen molar-refractivity contribution >= 4 is 0 Å². The number of nitrogens with zero attached hydrogens (tertiary/aromatic N) is 2. The zero-order valence-corrected chi connectivity index (χ0v) is 16.5. The van der Waals surface area contributed by atoms with Crippen LogP contribution in [-0.4, -0.2) is 50.2 Å². The lowest BCUT2D eigenvalue weighted by Gasteiger charge is -2.12. The number of aromatic nitrogens is 3. The molecule has 3 aromatic rings. The highest BCUT2D eigenvalue weighted by molar-refractivity contribution is 5.69. The summed E-state index contributed by atoms with van der Waals surface area (Å²) in [6, 6.07) is 9.19. The summed E-state index contributed by atoms with van der Waals surface area (Å²) in [5, 5.41) is 7.28. The molecule has 0 radical (unpaired) electrons. The van der Waals surface area contributed by atoms with Crippen LogP contribution in [0.4, 0.5) is 0 Å². The van der Waals surface area contributed by atoms with Crippen molar-refractivity contribution in [1.29, 1.82) is 0 Å². The number of ether oxygens (including phenoxy) is 5. The average Bonchev–Trinajstić information content (AvgIpc) is 3.23. The van der Waals surface area contributed by atoms with Crippen LogP contribution in [0.1, 0.15) is 6.92 Å². The molecule has 3 rings (SSSR count). The molecule has 0 aliphatic rings. The quantitative estimate of drug-likeness (QED) is 0.634. The third-order valence-electron chi connectivity index (χ3n) is 4.15. The van der Waals surface area contributed by atoms with E-state index in [0.717, 1.165) is 11.1 Å². The van der Waals surface area contributed by atoms with E-state index >= 15 is 0 Å². The minimum Gasteiger partial charge on any atom is -0.493 e. The summed E-state index contributed by atoms with van der Waals surface area (Å²) in [4.78, 5) is 4.59. The standard InChI is InChI=1S/C20H23N3O5/c1-6-28-14-8-7-12(9-15(14)24-2)19-21-20(23-22-19)13-10-16(25-3)18(27-5)17(11-13)26-4/h7-11H,6H2,1-5H3,(H,21,22,23). The molecule has 0 aliphatic heterocycles. The van der Waals surface area contributed by atoms with Crippen LogP contribution < -0.4 is 23.7 Å². The SMILES string of the molecule is CCOc1ccc(-c2nc(-c3cc(OC)c(OC)c(OC)c3)n[nH]2)cc1OC. The average molecular weight is 385 g/mol. The zero-order chi connectivity index (χ0) is 20.1. The van der Waals surface area contributed by atoms with Crippen molar-refractivity contribution in [3.63, 3.8) is 0 Å². The lowest BCUT2D eigenvalue weighted by Crippen LogP contribution is -1.96. The van der Waals surface area contributed by atoms with E-state index in [2.05, 4.69) is 15.2 Å². The predicted octanol–water partition coefficient (Wildman–Crippen LogP) is 3.57. The summed E-state index contributed by atoms with van der Waals surface area (Å²) in [5.74, 6) is 3.99. The van der Waals surface area contributed by atoms with Crippen LogP contribution in [0.5, 0.6) is 28.7 Å². The van der Waals surface area contributed by atoms with Gasteiger partial charge in [0.25, 0.3) is 0 Å². The molecule has 28 heavy (non-hydrogen) atoms. The van der Waals surface area contributed by atoms with Crippen LogP contribution in [0.2, 0.25) is 0 Å². The fourth-order valence-electron chi connectivity index (χ4n) is 2.82. The van der Waals surface area contributed by atoms with E-state index in [1.807, 2.05) is 25.1 Å². The Kier molecular flexibility index (Phi) is 5.88. The van der Waals surface area contributed by atoms with E-state index < -0.39 is 0 Å². The van der Waals surface area contributed by atoms with Gasteiger partial charge in [-0.05, 0) is 37.3 Å². The number of hydrogen-bond donors (Lipinski definition) is 1. The first-order valence-corrected chi connectivity index (χ1v) is 8.69. The number of methoxy groups -OCH3 is 4. The molecular weight excluding hydrogens is 362 g/mol.